The third-order valence-corrected chi connectivity index (χ3v) is 4.40. The number of hydrogen-bond acceptors (Lipinski definition) is 3. The Labute approximate surface area is 129 Å². The van der Waals surface area contributed by atoms with Crippen molar-refractivity contribution in [2.45, 2.75) is 46.1 Å². The molecule has 0 aliphatic heterocycles. The number of thiophene rings is 1. The van der Waals surface area contributed by atoms with Crippen LogP contribution in [0.5, 0.6) is 0 Å². The first kappa shape index (κ1) is 17.5. The standard InChI is InChI=1S/C15H24N2O3S/c1-3-12(5-7-14(18)19)8-9-16-15(20)17-10-13-6-4-11(2)21-13/h4,6,12H,3,5,7-10H2,1-2H3,(H,18,19)(H2,16,17,20). The Morgan fingerprint density at radius 1 is 1.29 bits per heavy atom. The van der Waals surface area contributed by atoms with E-state index in [1.807, 2.05) is 26.0 Å². The first-order valence-electron chi connectivity index (χ1n) is 7.30. The van der Waals surface area contributed by atoms with Gasteiger partial charge in [0, 0.05) is 22.7 Å². The van der Waals surface area contributed by atoms with Crippen molar-refractivity contribution in [3.63, 3.8) is 0 Å². The van der Waals surface area contributed by atoms with Crippen molar-refractivity contribution in [2.24, 2.45) is 5.92 Å². The van der Waals surface area contributed by atoms with E-state index in [-0.39, 0.29) is 12.5 Å². The maximum Gasteiger partial charge on any atom is 0.315 e. The normalized spacial score (nSPS) is 11.9. The quantitative estimate of drug-likeness (QED) is 0.655. The van der Waals surface area contributed by atoms with E-state index in [1.165, 1.54) is 4.88 Å². The highest BCUT2D eigenvalue weighted by Crippen LogP contribution is 2.15. The molecule has 0 fully saturated rings. The molecule has 3 N–H and O–H groups in total. The van der Waals surface area contributed by atoms with Crippen LogP contribution in [0.4, 0.5) is 4.79 Å². The van der Waals surface area contributed by atoms with Crippen LogP contribution in [-0.2, 0) is 11.3 Å². The number of carbonyl (C=O) groups excluding carboxylic acids is 1. The van der Waals surface area contributed by atoms with Gasteiger partial charge in [-0.2, -0.15) is 0 Å². The summed E-state index contributed by atoms with van der Waals surface area (Å²) in [5.41, 5.74) is 0. The highest BCUT2D eigenvalue weighted by molar-refractivity contribution is 7.11. The van der Waals surface area contributed by atoms with Gasteiger partial charge in [-0.05, 0) is 37.8 Å². The average molecular weight is 312 g/mol. The highest BCUT2D eigenvalue weighted by atomic mass is 32.1. The van der Waals surface area contributed by atoms with Gasteiger partial charge in [0.15, 0.2) is 0 Å². The zero-order chi connectivity index (χ0) is 15.7. The minimum absolute atomic E-state index is 0.172. The lowest BCUT2D eigenvalue weighted by atomic mass is 9.97. The minimum Gasteiger partial charge on any atom is -0.481 e. The maximum atomic E-state index is 11.6. The van der Waals surface area contributed by atoms with Crippen LogP contribution in [0.15, 0.2) is 12.1 Å². The smallest absolute Gasteiger partial charge is 0.315 e. The van der Waals surface area contributed by atoms with Gasteiger partial charge in [0.25, 0.3) is 0 Å². The summed E-state index contributed by atoms with van der Waals surface area (Å²) in [6, 6.07) is 3.88. The molecule has 0 saturated carbocycles. The molecule has 1 aromatic rings. The van der Waals surface area contributed by atoms with Gasteiger partial charge in [0.2, 0.25) is 0 Å². The Kier molecular flexibility index (Phi) is 7.82. The number of amides is 2. The van der Waals surface area contributed by atoms with E-state index >= 15 is 0 Å². The van der Waals surface area contributed by atoms with Crippen LogP contribution in [-0.4, -0.2) is 23.7 Å². The summed E-state index contributed by atoms with van der Waals surface area (Å²) >= 11 is 1.67. The van der Waals surface area contributed by atoms with Gasteiger partial charge in [-0.3, -0.25) is 4.79 Å². The van der Waals surface area contributed by atoms with E-state index in [9.17, 15) is 9.59 Å². The van der Waals surface area contributed by atoms with Gasteiger partial charge in [-0.15, -0.1) is 11.3 Å². The number of urea groups is 1. The third kappa shape index (κ3) is 7.70. The molecule has 0 spiro atoms. The molecule has 0 saturated heterocycles. The van der Waals surface area contributed by atoms with Crippen LogP contribution in [0.2, 0.25) is 0 Å². The van der Waals surface area contributed by atoms with E-state index in [4.69, 9.17) is 5.11 Å². The molecule has 1 rings (SSSR count). The van der Waals surface area contributed by atoms with Gasteiger partial charge in [0.1, 0.15) is 0 Å². The van der Waals surface area contributed by atoms with E-state index in [0.29, 0.717) is 25.4 Å². The van der Waals surface area contributed by atoms with E-state index in [0.717, 1.165) is 17.7 Å². The van der Waals surface area contributed by atoms with Crippen LogP contribution in [0, 0.1) is 12.8 Å². The Morgan fingerprint density at radius 3 is 2.62 bits per heavy atom. The molecule has 1 aromatic heterocycles. The molecular weight excluding hydrogens is 288 g/mol. The summed E-state index contributed by atoms with van der Waals surface area (Å²) in [5, 5.41) is 14.3. The van der Waals surface area contributed by atoms with Crippen molar-refractivity contribution >= 4 is 23.3 Å². The summed E-state index contributed by atoms with van der Waals surface area (Å²) in [6.07, 6.45) is 2.62. The number of aliphatic carboxylic acids is 1. The molecule has 0 aromatic carbocycles. The second-order valence-corrected chi connectivity index (χ2v) is 6.49. The molecule has 1 atom stereocenters. The topological polar surface area (TPSA) is 78.4 Å². The zero-order valence-corrected chi connectivity index (χ0v) is 13.5. The lowest BCUT2D eigenvalue weighted by Gasteiger charge is -2.14. The van der Waals surface area contributed by atoms with Gasteiger partial charge >= 0.3 is 12.0 Å². The number of aryl methyl sites for hydroxylation is 1. The van der Waals surface area contributed by atoms with E-state index in [2.05, 4.69) is 10.6 Å². The van der Waals surface area contributed by atoms with Crippen LogP contribution in [0.25, 0.3) is 0 Å². The fourth-order valence-corrected chi connectivity index (χ4v) is 2.91. The molecule has 6 heteroatoms. The number of carboxylic acids is 1. The van der Waals surface area contributed by atoms with Crippen molar-refractivity contribution in [3.05, 3.63) is 21.9 Å². The number of hydrogen-bond donors (Lipinski definition) is 3. The van der Waals surface area contributed by atoms with E-state index < -0.39 is 5.97 Å². The summed E-state index contributed by atoms with van der Waals surface area (Å²) in [4.78, 5) is 24.6. The van der Waals surface area contributed by atoms with Crippen molar-refractivity contribution in [1.82, 2.24) is 10.6 Å². The maximum absolute atomic E-state index is 11.6. The van der Waals surface area contributed by atoms with Crippen LogP contribution < -0.4 is 10.6 Å². The molecule has 1 heterocycles. The van der Waals surface area contributed by atoms with Crippen LogP contribution in [0.1, 0.15) is 42.4 Å². The van der Waals surface area contributed by atoms with Gasteiger partial charge < -0.3 is 15.7 Å². The molecule has 1 unspecified atom stereocenters. The van der Waals surface area contributed by atoms with E-state index in [1.54, 1.807) is 11.3 Å². The number of nitrogens with one attached hydrogen (secondary N) is 2. The summed E-state index contributed by atoms with van der Waals surface area (Å²) in [5.74, 6) is -0.410. The van der Waals surface area contributed by atoms with Crippen LogP contribution >= 0.6 is 11.3 Å². The van der Waals surface area contributed by atoms with Crippen molar-refractivity contribution in [1.29, 1.82) is 0 Å². The summed E-state index contributed by atoms with van der Waals surface area (Å²) in [7, 11) is 0. The Morgan fingerprint density at radius 2 is 2.05 bits per heavy atom. The number of carboxylic acid groups (broad SMARTS) is 1. The first-order valence-corrected chi connectivity index (χ1v) is 8.11. The zero-order valence-electron chi connectivity index (χ0n) is 12.6. The molecule has 118 valence electrons. The molecule has 0 aliphatic carbocycles. The van der Waals surface area contributed by atoms with Gasteiger partial charge in [0.05, 0.1) is 6.54 Å². The number of carbonyl (C=O) groups is 2. The third-order valence-electron chi connectivity index (χ3n) is 3.40. The predicted octanol–water partition coefficient (Wildman–Crippen LogP) is 3.14. The predicted molar refractivity (Wildman–Crippen MR) is 84.6 cm³/mol. The summed E-state index contributed by atoms with van der Waals surface area (Å²) in [6.45, 7) is 5.20. The number of rotatable bonds is 9. The molecule has 21 heavy (non-hydrogen) atoms. The fourth-order valence-electron chi connectivity index (χ4n) is 2.08. The molecule has 0 bridgehead atoms. The van der Waals surface area contributed by atoms with Crippen molar-refractivity contribution in [2.75, 3.05) is 6.54 Å². The lowest BCUT2D eigenvalue weighted by molar-refractivity contribution is -0.137. The highest BCUT2D eigenvalue weighted by Gasteiger charge is 2.09. The molecule has 2 amide bonds. The second-order valence-electron chi connectivity index (χ2n) is 5.12. The van der Waals surface area contributed by atoms with Crippen molar-refractivity contribution < 1.29 is 14.7 Å². The lowest BCUT2D eigenvalue weighted by Crippen LogP contribution is -2.36. The van der Waals surface area contributed by atoms with Gasteiger partial charge in [-0.1, -0.05) is 13.3 Å². The van der Waals surface area contributed by atoms with Crippen LogP contribution in [0.3, 0.4) is 0 Å². The first-order chi connectivity index (χ1) is 10.0. The van der Waals surface area contributed by atoms with Crippen molar-refractivity contribution in [3.8, 4) is 0 Å². The largest absolute Gasteiger partial charge is 0.481 e. The SMILES string of the molecule is CCC(CCNC(=O)NCc1ccc(C)s1)CCC(=O)O. The molecule has 5 nitrogen and oxygen atoms in total. The summed E-state index contributed by atoms with van der Waals surface area (Å²) < 4.78 is 0. The fraction of sp³-hybridized carbons (Fsp3) is 0.600. The Balaban J connectivity index is 2.15. The molecule has 0 aliphatic rings. The Hall–Kier alpha value is -1.56. The molecular formula is C15H24N2O3S. The average Bonchev–Trinajstić information content (AvgIpc) is 2.86. The molecule has 0 radical (unpaired) electrons. The minimum atomic E-state index is -0.759. The second kappa shape index (κ2) is 9.39. The monoisotopic (exact) mass is 312 g/mol. The Bertz CT molecular complexity index is 460. The van der Waals surface area contributed by atoms with Gasteiger partial charge in [-0.25, -0.2) is 4.79 Å².